The second kappa shape index (κ2) is 5.45. The third kappa shape index (κ3) is 2.59. The fourth-order valence-electron chi connectivity index (χ4n) is 2.59. The molecule has 0 spiro atoms. The summed E-state index contributed by atoms with van der Waals surface area (Å²) in [5, 5.41) is 13.4. The van der Waals surface area contributed by atoms with Crippen molar-refractivity contribution < 1.29 is 9.52 Å². The van der Waals surface area contributed by atoms with Gasteiger partial charge in [-0.3, -0.25) is 4.90 Å². The molecule has 0 radical (unpaired) electrons. The largest absolute Gasteiger partial charge is 0.441 e. The Morgan fingerprint density at radius 3 is 3.21 bits per heavy atom. The van der Waals surface area contributed by atoms with E-state index in [0.29, 0.717) is 5.89 Å². The summed E-state index contributed by atoms with van der Waals surface area (Å²) in [5.74, 6) is 1.58. The van der Waals surface area contributed by atoms with Crippen LogP contribution in [0.3, 0.4) is 0 Å². The van der Waals surface area contributed by atoms with Crippen LogP contribution < -0.4 is 0 Å². The van der Waals surface area contributed by atoms with Gasteiger partial charge in [0.1, 0.15) is 5.76 Å². The number of thiophene rings is 1. The third-order valence-electron chi connectivity index (χ3n) is 3.72. The van der Waals surface area contributed by atoms with E-state index in [4.69, 9.17) is 4.42 Å². The van der Waals surface area contributed by atoms with Crippen LogP contribution in [0.2, 0.25) is 0 Å². The molecular formula is C14H18N2O2S. The van der Waals surface area contributed by atoms with Gasteiger partial charge < -0.3 is 9.52 Å². The van der Waals surface area contributed by atoms with Crippen molar-refractivity contribution >= 4 is 11.3 Å². The highest BCUT2D eigenvalue weighted by Gasteiger charge is 2.25. The van der Waals surface area contributed by atoms with Gasteiger partial charge in [0, 0.05) is 23.5 Å². The minimum absolute atomic E-state index is 0.230. The van der Waals surface area contributed by atoms with Gasteiger partial charge in [0.2, 0.25) is 5.89 Å². The van der Waals surface area contributed by atoms with Gasteiger partial charge in [-0.15, -0.1) is 0 Å². The Morgan fingerprint density at radius 2 is 2.47 bits per heavy atom. The topological polar surface area (TPSA) is 49.5 Å². The number of nitrogens with zero attached hydrogens (tertiary/aromatic N) is 2. The normalized spacial score (nSPS) is 20.2. The molecule has 3 heterocycles. The first kappa shape index (κ1) is 12.8. The van der Waals surface area contributed by atoms with Crippen molar-refractivity contribution in [2.45, 2.75) is 32.4 Å². The summed E-state index contributed by atoms with van der Waals surface area (Å²) in [4.78, 5) is 6.90. The quantitative estimate of drug-likeness (QED) is 0.934. The van der Waals surface area contributed by atoms with E-state index in [-0.39, 0.29) is 12.6 Å². The maximum atomic E-state index is 9.36. The van der Waals surface area contributed by atoms with Gasteiger partial charge in [0.15, 0.2) is 0 Å². The summed E-state index contributed by atoms with van der Waals surface area (Å²) in [6.45, 7) is 3.99. The lowest BCUT2D eigenvalue weighted by molar-refractivity contribution is 0.152. The second-order valence-corrected chi connectivity index (χ2v) is 5.76. The number of hydrogen-bond donors (Lipinski definition) is 1. The van der Waals surface area contributed by atoms with Crippen molar-refractivity contribution in [2.75, 3.05) is 13.2 Å². The van der Waals surface area contributed by atoms with Gasteiger partial charge in [-0.25, -0.2) is 4.98 Å². The van der Waals surface area contributed by atoms with Crippen LogP contribution in [0, 0.1) is 6.92 Å². The lowest BCUT2D eigenvalue weighted by Gasteiger charge is -2.21. The van der Waals surface area contributed by atoms with E-state index >= 15 is 0 Å². The molecule has 0 aliphatic carbocycles. The predicted octanol–water partition coefficient (Wildman–Crippen LogP) is 2.67. The molecule has 2 aromatic rings. The van der Waals surface area contributed by atoms with Crippen molar-refractivity contribution in [3.63, 3.8) is 0 Å². The smallest absolute Gasteiger partial charge is 0.227 e. The number of aliphatic hydroxyl groups is 1. The van der Waals surface area contributed by atoms with E-state index in [2.05, 4.69) is 9.88 Å². The van der Waals surface area contributed by atoms with Gasteiger partial charge in [0.25, 0.3) is 0 Å². The first-order chi connectivity index (χ1) is 9.28. The van der Waals surface area contributed by atoms with Crippen molar-refractivity contribution in [1.82, 2.24) is 9.88 Å². The van der Waals surface area contributed by atoms with E-state index < -0.39 is 0 Å². The number of hydrogen-bond acceptors (Lipinski definition) is 5. The average molecular weight is 278 g/mol. The molecule has 19 heavy (non-hydrogen) atoms. The van der Waals surface area contributed by atoms with Gasteiger partial charge in [-0.1, -0.05) is 0 Å². The number of aromatic nitrogens is 1. The minimum Gasteiger partial charge on any atom is -0.441 e. The first-order valence-corrected chi connectivity index (χ1v) is 7.56. The number of rotatable bonds is 4. The molecule has 1 atom stereocenters. The lowest BCUT2D eigenvalue weighted by atomic mass is 10.2. The molecule has 2 aromatic heterocycles. The van der Waals surface area contributed by atoms with Gasteiger partial charge in [-0.2, -0.15) is 11.3 Å². The third-order valence-corrected chi connectivity index (χ3v) is 4.41. The molecular weight excluding hydrogens is 260 g/mol. The molecule has 102 valence electrons. The van der Waals surface area contributed by atoms with Gasteiger partial charge >= 0.3 is 0 Å². The van der Waals surface area contributed by atoms with Gasteiger partial charge in [0.05, 0.1) is 12.3 Å². The summed E-state index contributed by atoms with van der Waals surface area (Å²) in [5.41, 5.74) is 2.03. The monoisotopic (exact) mass is 278 g/mol. The first-order valence-electron chi connectivity index (χ1n) is 6.61. The Hall–Kier alpha value is -1.17. The summed E-state index contributed by atoms with van der Waals surface area (Å²) in [7, 11) is 0. The fourth-order valence-corrected chi connectivity index (χ4v) is 3.22. The van der Waals surface area contributed by atoms with Crippen molar-refractivity contribution in [1.29, 1.82) is 0 Å². The Bertz CT molecular complexity index is 536. The van der Waals surface area contributed by atoms with Crippen LogP contribution in [0.4, 0.5) is 0 Å². The van der Waals surface area contributed by atoms with Crippen molar-refractivity contribution in [2.24, 2.45) is 0 Å². The average Bonchev–Trinajstić information content (AvgIpc) is 3.11. The summed E-state index contributed by atoms with van der Waals surface area (Å²) in [6.07, 6.45) is 2.23. The molecule has 0 saturated carbocycles. The molecule has 0 aromatic carbocycles. The molecule has 1 saturated heterocycles. The van der Waals surface area contributed by atoms with E-state index in [1.54, 1.807) is 11.3 Å². The number of likely N-dealkylation sites (tertiary alicyclic amines) is 1. The van der Waals surface area contributed by atoms with E-state index in [1.807, 2.05) is 23.8 Å². The Balaban J connectivity index is 1.78. The fraction of sp³-hybridized carbons (Fsp3) is 0.500. The molecule has 1 fully saturated rings. The van der Waals surface area contributed by atoms with Crippen LogP contribution in [0.25, 0.3) is 11.5 Å². The maximum Gasteiger partial charge on any atom is 0.227 e. The highest BCUT2D eigenvalue weighted by Crippen LogP contribution is 2.26. The Labute approximate surface area is 116 Å². The molecule has 3 rings (SSSR count). The highest BCUT2D eigenvalue weighted by molar-refractivity contribution is 7.08. The van der Waals surface area contributed by atoms with Crippen LogP contribution in [-0.2, 0) is 6.54 Å². The van der Waals surface area contributed by atoms with Gasteiger partial charge in [-0.05, 0) is 37.8 Å². The summed E-state index contributed by atoms with van der Waals surface area (Å²) < 4.78 is 5.74. The van der Waals surface area contributed by atoms with E-state index in [1.165, 1.54) is 0 Å². The molecule has 0 unspecified atom stereocenters. The molecule has 1 aliphatic heterocycles. The molecule has 4 nitrogen and oxygen atoms in total. The van der Waals surface area contributed by atoms with Crippen LogP contribution in [-0.4, -0.2) is 34.2 Å². The molecule has 0 amide bonds. The van der Waals surface area contributed by atoms with E-state index in [9.17, 15) is 5.11 Å². The molecule has 5 heteroatoms. The zero-order valence-corrected chi connectivity index (χ0v) is 11.8. The van der Waals surface area contributed by atoms with Crippen LogP contribution in [0.15, 0.2) is 21.2 Å². The maximum absolute atomic E-state index is 9.36. The second-order valence-electron chi connectivity index (χ2n) is 4.98. The highest BCUT2D eigenvalue weighted by atomic mass is 32.1. The number of oxazole rings is 1. The Morgan fingerprint density at radius 1 is 1.58 bits per heavy atom. The molecule has 0 bridgehead atoms. The summed E-state index contributed by atoms with van der Waals surface area (Å²) in [6, 6.07) is 2.30. The lowest BCUT2D eigenvalue weighted by Crippen LogP contribution is -2.31. The molecule has 1 aliphatic rings. The SMILES string of the molecule is Cc1oc(-c2ccsc2)nc1CN1CCC[C@H]1CO. The summed E-state index contributed by atoms with van der Waals surface area (Å²) >= 11 is 1.64. The predicted molar refractivity (Wildman–Crippen MR) is 75.1 cm³/mol. The number of aliphatic hydroxyl groups excluding tert-OH is 1. The zero-order valence-electron chi connectivity index (χ0n) is 11.0. The van der Waals surface area contributed by atoms with Crippen LogP contribution in [0.1, 0.15) is 24.3 Å². The van der Waals surface area contributed by atoms with Crippen LogP contribution >= 0.6 is 11.3 Å². The van der Waals surface area contributed by atoms with Crippen molar-refractivity contribution in [3.8, 4) is 11.5 Å². The van der Waals surface area contributed by atoms with Crippen molar-refractivity contribution in [3.05, 3.63) is 28.3 Å². The van der Waals surface area contributed by atoms with E-state index in [0.717, 1.165) is 42.9 Å². The zero-order chi connectivity index (χ0) is 13.2. The minimum atomic E-state index is 0.230. The Kier molecular flexibility index (Phi) is 3.68. The number of aryl methyl sites for hydroxylation is 1. The van der Waals surface area contributed by atoms with Crippen LogP contribution in [0.5, 0.6) is 0 Å². The standard InChI is InChI=1S/C14H18N2O2S/c1-10-13(7-16-5-2-3-12(16)8-17)15-14(18-10)11-4-6-19-9-11/h4,6,9,12,17H,2-3,5,7-8H2,1H3/t12-/m0/s1. The molecule has 1 N–H and O–H groups in total.